The summed E-state index contributed by atoms with van der Waals surface area (Å²) >= 11 is 0. The normalized spacial score (nSPS) is 16.1. The lowest BCUT2D eigenvalue weighted by atomic mass is 9.82. The zero-order valence-electron chi connectivity index (χ0n) is 19.9. The number of oxazole rings is 1. The molecule has 0 saturated heterocycles. The van der Waals surface area contributed by atoms with E-state index in [9.17, 15) is 9.90 Å². The smallest absolute Gasteiger partial charge is 0.307 e. The van der Waals surface area contributed by atoms with Gasteiger partial charge in [0, 0.05) is 12.0 Å². The van der Waals surface area contributed by atoms with E-state index in [2.05, 4.69) is 50.0 Å². The second-order valence-electron chi connectivity index (χ2n) is 9.57. The first kappa shape index (κ1) is 23.1. The van der Waals surface area contributed by atoms with Crippen LogP contribution in [0.1, 0.15) is 60.8 Å². The third-order valence-electron chi connectivity index (χ3n) is 6.57. The maximum atomic E-state index is 11.9. The fourth-order valence-corrected chi connectivity index (χ4v) is 4.82. The average molecular weight is 448 g/mol. The Morgan fingerprint density at radius 3 is 2.64 bits per heavy atom. The topological polar surface area (TPSA) is 72.6 Å². The third kappa shape index (κ3) is 5.29. The molecule has 0 saturated carbocycles. The van der Waals surface area contributed by atoms with E-state index in [4.69, 9.17) is 9.15 Å². The maximum Gasteiger partial charge on any atom is 0.307 e. The molecule has 2 aromatic carbocycles. The molecule has 0 amide bonds. The lowest BCUT2D eigenvalue weighted by molar-refractivity contribution is -0.143. The van der Waals surface area contributed by atoms with Gasteiger partial charge >= 0.3 is 5.97 Å². The van der Waals surface area contributed by atoms with Gasteiger partial charge in [0.15, 0.2) is 0 Å². The van der Waals surface area contributed by atoms with Gasteiger partial charge in [0.2, 0.25) is 5.89 Å². The molecule has 1 aliphatic carbocycles. The number of aryl methyl sites for hydroxylation is 3. The zero-order chi connectivity index (χ0) is 23.5. The van der Waals surface area contributed by atoms with Crippen LogP contribution in [0.3, 0.4) is 0 Å². The summed E-state index contributed by atoms with van der Waals surface area (Å²) in [4.78, 5) is 16.5. The predicted octanol–water partition coefficient (Wildman–Crippen LogP) is 6.36. The molecule has 1 heterocycles. The highest BCUT2D eigenvalue weighted by Crippen LogP contribution is 2.42. The summed E-state index contributed by atoms with van der Waals surface area (Å²) in [7, 11) is 0. The van der Waals surface area contributed by atoms with Crippen LogP contribution in [0, 0.1) is 25.7 Å². The van der Waals surface area contributed by atoms with E-state index in [1.165, 1.54) is 16.7 Å². The monoisotopic (exact) mass is 447 g/mol. The van der Waals surface area contributed by atoms with Gasteiger partial charge in [0.1, 0.15) is 11.5 Å². The van der Waals surface area contributed by atoms with Crippen molar-refractivity contribution < 1.29 is 19.1 Å². The molecule has 5 nitrogen and oxygen atoms in total. The second kappa shape index (κ2) is 9.82. The van der Waals surface area contributed by atoms with Crippen molar-refractivity contribution >= 4 is 5.97 Å². The summed E-state index contributed by atoms with van der Waals surface area (Å²) < 4.78 is 11.9. The van der Waals surface area contributed by atoms with E-state index >= 15 is 0 Å². The van der Waals surface area contributed by atoms with Gasteiger partial charge in [-0.25, -0.2) is 4.98 Å². The molecule has 0 spiro atoms. The summed E-state index contributed by atoms with van der Waals surface area (Å²) in [5.41, 5.74) is 5.47. The molecule has 0 fully saturated rings. The number of fused-ring (bicyclic) bond motifs is 1. The van der Waals surface area contributed by atoms with Crippen molar-refractivity contribution in [2.45, 2.75) is 59.3 Å². The van der Waals surface area contributed by atoms with Gasteiger partial charge in [-0.15, -0.1) is 0 Å². The maximum absolute atomic E-state index is 11.9. The van der Waals surface area contributed by atoms with E-state index in [-0.39, 0.29) is 11.8 Å². The fourth-order valence-electron chi connectivity index (χ4n) is 4.82. The Labute approximate surface area is 195 Å². The number of hydrogen-bond acceptors (Lipinski definition) is 4. The number of nitrogens with zero attached hydrogens (tertiary/aromatic N) is 1. The Morgan fingerprint density at radius 1 is 1.18 bits per heavy atom. The van der Waals surface area contributed by atoms with Crippen molar-refractivity contribution in [1.82, 2.24) is 4.98 Å². The second-order valence-corrected chi connectivity index (χ2v) is 9.57. The molecular weight excluding hydrogens is 414 g/mol. The number of benzene rings is 2. The van der Waals surface area contributed by atoms with Crippen molar-refractivity contribution in [3.05, 3.63) is 70.6 Å². The van der Waals surface area contributed by atoms with Crippen molar-refractivity contribution in [1.29, 1.82) is 0 Å². The highest BCUT2D eigenvalue weighted by Gasteiger charge is 2.34. The van der Waals surface area contributed by atoms with Crippen LogP contribution in [0.2, 0.25) is 0 Å². The summed E-state index contributed by atoms with van der Waals surface area (Å²) in [6, 6.07) is 14.3. The van der Waals surface area contributed by atoms with Crippen molar-refractivity contribution in [3.63, 3.8) is 0 Å². The minimum Gasteiger partial charge on any atom is -0.493 e. The Balaban J connectivity index is 1.39. The number of carboxylic acid groups (broad SMARTS) is 1. The van der Waals surface area contributed by atoms with Crippen LogP contribution >= 0.6 is 0 Å². The van der Waals surface area contributed by atoms with E-state index < -0.39 is 5.97 Å². The van der Waals surface area contributed by atoms with Gasteiger partial charge in [-0.3, -0.25) is 4.79 Å². The van der Waals surface area contributed by atoms with Crippen LogP contribution in [0.25, 0.3) is 11.5 Å². The molecule has 1 N–H and O–H groups in total. The molecule has 4 rings (SSSR count). The van der Waals surface area contributed by atoms with Crippen molar-refractivity contribution in [2.24, 2.45) is 11.8 Å². The minimum absolute atomic E-state index is 0.0897. The Morgan fingerprint density at radius 2 is 1.94 bits per heavy atom. The van der Waals surface area contributed by atoms with Gasteiger partial charge in [0.05, 0.1) is 18.2 Å². The first-order chi connectivity index (χ1) is 15.8. The Hall–Kier alpha value is -3.08. The predicted molar refractivity (Wildman–Crippen MR) is 129 cm³/mol. The van der Waals surface area contributed by atoms with Gasteiger partial charge in [0.25, 0.3) is 0 Å². The zero-order valence-corrected chi connectivity index (χ0v) is 19.9. The SMILES string of the molecule is Cc1ccc(-c2nc(CCOc3ccc4c(c3)CCC4C(CC(C)C)C(=O)O)c(C)o2)cc1. The first-order valence-electron chi connectivity index (χ1n) is 11.8. The van der Waals surface area contributed by atoms with E-state index in [0.29, 0.717) is 31.3 Å². The minimum atomic E-state index is -0.685. The lowest BCUT2D eigenvalue weighted by Crippen LogP contribution is -2.22. The van der Waals surface area contributed by atoms with Crippen LogP contribution < -0.4 is 4.74 Å². The quantitative estimate of drug-likeness (QED) is 0.413. The number of carbonyl (C=O) groups is 1. The average Bonchev–Trinajstić information content (AvgIpc) is 3.35. The molecule has 33 heavy (non-hydrogen) atoms. The summed E-state index contributed by atoms with van der Waals surface area (Å²) in [5, 5.41) is 9.76. The van der Waals surface area contributed by atoms with Gasteiger partial charge in [-0.2, -0.15) is 0 Å². The first-order valence-corrected chi connectivity index (χ1v) is 11.8. The van der Waals surface area contributed by atoms with E-state index in [1.807, 2.05) is 25.1 Å². The number of aliphatic carboxylic acids is 1. The molecule has 3 aromatic rings. The van der Waals surface area contributed by atoms with Gasteiger partial charge in [-0.1, -0.05) is 37.6 Å². The molecule has 0 radical (unpaired) electrons. The lowest BCUT2D eigenvalue weighted by Gasteiger charge is -2.22. The van der Waals surface area contributed by atoms with Gasteiger partial charge in [-0.05, 0) is 80.3 Å². The number of hydrogen-bond donors (Lipinski definition) is 1. The molecule has 174 valence electrons. The molecule has 0 aliphatic heterocycles. The third-order valence-corrected chi connectivity index (χ3v) is 6.57. The van der Waals surface area contributed by atoms with Crippen LogP contribution in [-0.2, 0) is 17.6 Å². The van der Waals surface area contributed by atoms with Crippen LogP contribution in [-0.4, -0.2) is 22.7 Å². The Kier molecular flexibility index (Phi) is 6.87. The molecule has 2 unspecified atom stereocenters. The number of ether oxygens (including phenoxy) is 1. The molecule has 2 atom stereocenters. The number of rotatable bonds is 9. The molecule has 1 aromatic heterocycles. The highest BCUT2D eigenvalue weighted by atomic mass is 16.5. The van der Waals surface area contributed by atoms with E-state index in [1.54, 1.807) is 0 Å². The molecular formula is C28H33NO4. The summed E-state index contributed by atoms with van der Waals surface area (Å²) in [5.74, 6) is 1.73. The molecule has 1 aliphatic rings. The fraction of sp³-hybridized carbons (Fsp3) is 0.429. The van der Waals surface area contributed by atoms with E-state index in [0.717, 1.165) is 35.6 Å². The molecule has 5 heteroatoms. The standard InChI is InChI=1S/C28H33NO4/c1-17(2)15-25(28(30)31)24-11-9-21-16-22(10-12-23(21)24)32-14-13-26-19(4)33-27(29-26)20-7-5-18(3)6-8-20/h5-8,10,12,16-17,24-25H,9,11,13-15H2,1-4H3,(H,30,31). The van der Waals surface area contributed by atoms with Gasteiger partial charge < -0.3 is 14.3 Å². The van der Waals surface area contributed by atoms with Crippen LogP contribution in [0.4, 0.5) is 0 Å². The van der Waals surface area contributed by atoms with Crippen molar-refractivity contribution in [3.8, 4) is 17.2 Å². The number of aromatic nitrogens is 1. The largest absolute Gasteiger partial charge is 0.493 e. The summed E-state index contributed by atoms with van der Waals surface area (Å²) in [6.07, 6.45) is 3.17. The highest BCUT2D eigenvalue weighted by molar-refractivity contribution is 5.72. The van der Waals surface area contributed by atoms with Crippen LogP contribution in [0.15, 0.2) is 46.9 Å². The Bertz CT molecular complexity index is 1110. The number of carboxylic acids is 1. The van der Waals surface area contributed by atoms with Crippen molar-refractivity contribution in [2.75, 3.05) is 6.61 Å². The molecule has 0 bridgehead atoms. The summed E-state index contributed by atoms with van der Waals surface area (Å²) in [6.45, 7) is 8.67. The van der Waals surface area contributed by atoms with Crippen LogP contribution in [0.5, 0.6) is 5.75 Å².